The molecule has 2 aromatic heterocycles. The molecule has 2 aromatic rings. The molecule has 0 spiro atoms. The van der Waals surface area contributed by atoms with Crippen molar-refractivity contribution in [1.82, 2.24) is 29.7 Å². The van der Waals surface area contributed by atoms with E-state index in [4.69, 9.17) is 27.4 Å². The minimum Gasteiger partial charge on any atom is -0.469 e. The van der Waals surface area contributed by atoms with Crippen molar-refractivity contribution in [3.63, 3.8) is 0 Å². The number of aromatic nitrogens is 4. The number of carbonyl (C=O) groups is 2. The average molecular weight is 518 g/mol. The van der Waals surface area contributed by atoms with Crippen LogP contribution >= 0.6 is 12.2 Å². The van der Waals surface area contributed by atoms with Gasteiger partial charge in [0.15, 0.2) is 28.8 Å². The smallest absolute Gasteiger partial charge is 0.308 e. The van der Waals surface area contributed by atoms with Crippen molar-refractivity contribution >= 4 is 46.1 Å². The molecule has 2 saturated heterocycles. The number of aliphatic hydroxyl groups is 2. The standard InChI is InChI=1S/C22H27N7O6S/c1-3-24-20(32)17-15(30)16(31)21(35-17)29-10-25-14-18(23)26-12(27-19(14)29)4-5-13(36)28-8-6-11(7-9-28)22(33)34-2/h10-11,15-17,21,30-31H,3,6-9H2,1-2H3,(H,24,32)(H2,23,26,27)/t15-,16?,17+,21-/m1/s1. The van der Waals surface area contributed by atoms with Crippen molar-refractivity contribution in [1.29, 1.82) is 0 Å². The van der Waals surface area contributed by atoms with Gasteiger partial charge < -0.3 is 35.6 Å². The van der Waals surface area contributed by atoms with E-state index in [2.05, 4.69) is 32.1 Å². The monoisotopic (exact) mass is 517 g/mol. The number of carbonyl (C=O) groups excluding carboxylic acids is 2. The highest BCUT2D eigenvalue weighted by atomic mass is 32.1. The summed E-state index contributed by atoms with van der Waals surface area (Å²) in [6, 6.07) is 0. The Kier molecular flexibility index (Phi) is 7.65. The number of hydrogen-bond acceptors (Lipinski definition) is 11. The molecule has 13 nitrogen and oxygen atoms in total. The van der Waals surface area contributed by atoms with Gasteiger partial charge in [-0.15, -0.1) is 0 Å². The van der Waals surface area contributed by atoms with Crippen molar-refractivity contribution in [3.05, 3.63) is 12.2 Å². The molecule has 2 aliphatic heterocycles. The molecule has 0 aromatic carbocycles. The number of imidazole rings is 1. The number of nitrogens with zero attached hydrogens (tertiary/aromatic N) is 5. The van der Waals surface area contributed by atoms with Gasteiger partial charge in [-0.3, -0.25) is 14.2 Å². The van der Waals surface area contributed by atoms with Gasteiger partial charge in [0, 0.05) is 19.6 Å². The molecule has 4 heterocycles. The lowest BCUT2D eigenvalue weighted by atomic mass is 9.97. The maximum Gasteiger partial charge on any atom is 0.308 e. The molecule has 0 saturated carbocycles. The number of amides is 1. The fourth-order valence-electron chi connectivity index (χ4n) is 4.23. The van der Waals surface area contributed by atoms with Gasteiger partial charge >= 0.3 is 5.97 Å². The van der Waals surface area contributed by atoms with E-state index in [1.54, 1.807) is 6.92 Å². The van der Waals surface area contributed by atoms with Crippen molar-refractivity contribution < 1.29 is 29.3 Å². The third-order valence-electron chi connectivity index (χ3n) is 6.17. The lowest BCUT2D eigenvalue weighted by Crippen LogP contribution is -2.42. The van der Waals surface area contributed by atoms with Crippen LogP contribution in [0.1, 0.15) is 31.8 Å². The molecule has 0 bridgehead atoms. The zero-order chi connectivity index (χ0) is 26.0. The Bertz CT molecular complexity index is 1230. The highest BCUT2D eigenvalue weighted by Crippen LogP contribution is 2.32. The number of rotatable bonds is 4. The second kappa shape index (κ2) is 10.7. The fraction of sp³-hybridized carbons (Fsp3) is 0.545. The minimum atomic E-state index is -1.45. The van der Waals surface area contributed by atoms with E-state index in [1.165, 1.54) is 18.0 Å². The average Bonchev–Trinajstić information content (AvgIpc) is 3.43. The van der Waals surface area contributed by atoms with Crippen LogP contribution in [0.5, 0.6) is 0 Å². The second-order valence-corrected chi connectivity index (χ2v) is 8.81. The molecule has 2 fully saturated rings. The van der Waals surface area contributed by atoms with Crippen LogP contribution in [0.15, 0.2) is 6.33 Å². The number of aliphatic hydroxyl groups excluding tert-OH is 2. The Morgan fingerprint density at radius 1 is 1.31 bits per heavy atom. The molecule has 4 atom stereocenters. The zero-order valence-electron chi connectivity index (χ0n) is 19.7. The van der Waals surface area contributed by atoms with E-state index in [0.717, 1.165) is 0 Å². The molecule has 0 aliphatic carbocycles. The summed E-state index contributed by atoms with van der Waals surface area (Å²) in [5.74, 6) is 4.89. The van der Waals surface area contributed by atoms with Gasteiger partial charge in [0.1, 0.15) is 17.7 Å². The molecule has 5 N–H and O–H groups in total. The van der Waals surface area contributed by atoms with E-state index < -0.39 is 30.4 Å². The van der Waals surface area contributed by atoms with Crippen molar-refractivity contribution in [2.24, 2.45) is 5.92 Å². The van der Waals surface area contributed by atoms with Crippen LogP contribution in [0.2, 0.25) is 0 Å². The van der Waals surface area contributed by atoms with Gasteiger partial charge in [0.2, 0.25) is 5.82 Å². The number of nitrogen functional groups attached to an aromatic ring is 1. The van der Waals surface area contributed by atoms with Gasteiger partial charge in [0.05, 0.1) is 19.4 Å². The Hall–Kier alpha value is -3.38. The second-order valence-electron chi connectivity index (χ2n) is 8.42. The molecule has 36 heavy (non-hydrogen) atoms. The molecule has 1 unspecified atom stereocenters. The zero-order valence-corrected chi connectivity index (χ0v) is 20.6. The van der Waals surface area contributed by atoms with Crippen LogP contribution in [0.3, 0.4) is 0 Å². The van der Waals surface area contributed by atoms with Crippen LogP contribution in [0.25, 0.3) is 11.2 Å². The summed E-state index contributed by atoms with van der Waals surface area (Å²) in [4.78, 5) is 39.0. The first-order chi connectivity index (χ1) is 17.2. The summed E-state index contributed by atoms with van der Waals surface area (Å²) in [6.45, 7) is 3.23. The quantitative estimate of drug-likeness (QED) is 0.215. The summed E-state index contributed by atoms with van der Waals surface area (Å²) < 4.78 is 11.8. The topological polar surface area (TPSA) is 178 Å². The number of nitrogens with one attached hydrogen (secondary N) is 1. The Labute approximate surface area is 212 Å². The summed E-state index contributed by atoms with van der Waals surface area (Å²) >= 11 is 5.43. The minimum absolute atomic E-state index is 0.0566. The predicted octanol–water partition coefficient (Wildman–Crippen LogP) is -1.27. The maximum atomic E-state index is 12.2. The van der Waals surface area contributed by atoms with Gasteiger partial charge in [0.25, 0.3) is 5.91 Å². The number of methoxy groups -OCH3 is 1. The van der Waals surface area contributed by atoms with Crippen molar-refractivity contribution in [3.8, 4) is 11.8 Å². The SMILES string of the molecule is CCNC(=O)[C@H]1O[C@@H](n2cnc3c(N)nc(C#CC(=S)N4CCC(C(=O)OC)CC4)nc32)C(O)[C@H]1O. The van der Waals surface area contributed by atoms with E-state index >= 15 is 0 Å². The highest BCUT2D eigenvalue weighted by Gasteiger charge is 2.47. The fourth-order valence-corrected chi connectivity index (χ4v) is 4.47. The van der Waals surface area contributed by atoms with Crippen molar-refractivity contribution in [2.75, 3.05) is 32.5 Å². The third kappa shape index (κ3) is 4.96. The van der Waals surface area contributed by atoms with Crippen LogP contribution in [-0.4, -0.2) is 96.6 Å². The Balaban J connectivity index is 1.53. The van der Waals surface area contributed by atoms with E-state index in [0.29, 0.717) is 37.5 Å². The normalized spacial score (nSPS) is 24.3. The molecule has 4 rings (SSSR count). The summed E-state index contributed by atoms with van der Waals surface area (Å²) in [6.07, 6.45) is -2.68. The summed E-state index contributed by atoms with van der Waals surface area (Å²) in [5, 5.41) is 23.4. The molecular weight excluding hydrogens is 490 g/mol. The summed E-state index contributed by atoms with van der Waals surface area (Å²) in [7, 11) is 1.38. The Morgan fingerprint density at radius 2 is 2.03 bits per heavy atom. The number of esters is 1. The predicted molar refractivity (Wildman–Crippen MR) is 130 cm³/mol. The molecular formula is C22H27N7O6S. The number of thiocarbonyl (C=S) groups is 1. The number of piperidine rings is 1. The van der Waals surface area contributed by atoms with Gasteiger partial charge in [-0.1, -0.05) is 12.2 Å². The van der Waals surface area contributed by atoms with Crippen LogP contribution in [0.4, 0.5) is 5.82 Å². The lowest BCUT2D eigenvalue weighted by molar-refractivity contribution is -0.146. The number of anilines is 1. The number of nitrogens with two attached hydrogens (primary N) is 1. The number of fused-ring (bicyclic) bond motifs is 1. The van der Waals surface area contributed by atoms with Crippen LogP contribution in [-0.2, 0) is 19.1 Å². The van der Waals surface area contributed by atoms with E-state index in [1.807, 2.05) is 4.90 Å². The first-order valence-corrected chi connectivity index (χ1v) is 11.8. The van der Waals surface area contributed by atoms with E-state index in [-0.39, 0.29) is 34.7 Å². The largest absolute Gasteiger partial charge is 0.469 e. The molecule has 1 amide bonds. The lowest BCUT2D eigenvalue weighted by Gasteiger charge is -2.30. The summed E-state index contributed by atoms with van der Waals surface area (Å²) in [5.41, 5.74) is 6.52. The number of hydrogen-bond donors (Lipinski definition) is 4. The molecule has 14 heteroatoms. The van der Waals surface area contributed by atoms with Crippen LogP contribution < -0.4 is 11.1 Å². The van der Waals surface area contributed by atoms with Crippen LogP contribution in [0, 0.1) is 17.8 Å². The number of ether oxygens (including phenoxy) is 2. The van der Waals surface area contributed by atoms with E-state index in [9.17, 15) is 19.8 Å². The van der Waals surface area contributed by atoms with Gasteiger partial charge in [-0.25, -0.2) is 15.0 Å². The number of likely N-dealkylation sites (tertiary alicyclic amines) is 1. The maximum absolute atomic E-state index is 12.2. The third-order valence-corrected chi connectivity index (χ3v) is 6.53. The van der Waals surface area contributed by atoms with Gasteiger partial charge in [-0.2, -0.15) is 0 Å². The Morgan fingerprint density at radius 3 is 2.69 bits per heavy atom. The first kappa shape index (κ1) is 25.7. The molecule has 2 aliphatic rings. The van der Waals surface area contributed by atoms with Crippen molar-refractivity contribution in [2.45, 2.75) is 44.3 Å². The highest BCUT2D eigenvalue weighted by molar-refractivity contribution is 7.80. The molecule has 192 valence electrons. The van der Waals surface area contributed by atoms with Gasteiger partial charge in [-0.05, 0) is 31.6 Å². The first-order valence-electron chi connectivity index (χ1n) is 11.4. The molecule has 0 radical (unpaired) electrons. The number of likely N-dealkylation sites (N-methyl/N-ethyl adjacent to an activating group) is 1.